The number of benzene rings is 1. The SMILES string of the molecule is O=C(O)CS(=O)(=O)Nc1ccc(C(F)(F)F)cc1. The van der Waals surface area contributed by atoms with E-state index in [2.05, 4.69) is 0 Å². The number of anilines is 1. The standard InChI is InChI=1S/C9H8F3NO4S/c10-9(11,12)6-1-3-7(4-2-6)13-18(16,17)5-8(14)15/h1-4,13H,5H2,(H,14,15). The van der Waals surface area contributed by atoms with Crippen molar-refractivity contribution in [2.45, 2.75) is 6.18 Å². The molecule has 1 aromatic carbocycles. The van der Waals surface area contributed by atoms with E-state index in [4.69, 9.17) is 5.11 Å². The molecule has 0 aliphatic rings. The molecule has 100 valence electrons. The molecule has 18 heavy (non-hydrogen) atoms. The zero-order valence-corrected chi connectivity index (χ0v) is 9.55. The maximum Gasteiger partial charge on any atom is 0.416 e. The van der Waals surface area contributed by atoms with Gasteiger partial charge >= 0.3 is 12.1 Å². The molecule has 0 amide bonds. The quantitative estimate of drug-likeness (QED) is 0.877. The van der Waals surface area contributed by atoms with Crippen LogP contribution in [0.1, 0.15) is 5.56 Å². The Morgan fingerprint density at radius 1 is 1.22 bits per heavy atom. The van der Waals surface area contributed by atoms with E-state index in [0.29, 0.717) is 12.1 Å². The number of carboxylic acid groups (broad SMARTS) is 1. The van der Waals surface area contributed by atoms with Crippen LogP contribution < -0.4 is 4.72 Å². The van der Waals surface area contributed by atoms with Gasteiger partial charge in [-0.15, -0.1) is 0 Å². The minimum absolute atomic E-state index is 0.135. The van der Waals surface area contributed by atoms with Gasteiger partial charge in [0.25, 0.3) is 0 Å². The van der Waals surface area contributed by atoms with E-state index in [9.17, 15) is 26.4 Å². The van der Waals surface area contributed by atoms with E-state index in [1.807, 2.05) is 4.72 Å². The predicted molar refractivity (Wildman–Crippen MR) is 56.5 cm³/mol. The minimum Gasteiger partial charge on any atom is -0.480 e. The first-order valence-corrected chi connectivity index (χ1v) is 6.15. The van der Waals surface area contributed by atoms with Crippen LogP contribution in [0.15, 0.2) is 24.3 Å². The molecule has 0 saturated carbocycles. The summed E-state index contributed by atoms with van der Waals surface area (Å²) in [5.41, 5.74) is -1.06. The van der Waals surface area contributed by atoms with Crippen molar-refractivity contribution in [3.05, 3.63) is 29.8 Å². The molecule has 5 nitrogen and oxygen atoms in total. The van der Waals surface area contributed by atoms with Gasteiger partial charge in [-0.05, 0) is 24.3 Å². The van der Waals surface area contributed by atoms with Crippen LogP contribution in [0.3, 0.4) is 0 Å². The second-order valence-electron chi connectivity index (χ2n) is 3.33. The summed E-state index contributed by atoms with van der Waals surface area (Å²) in [5.74, 6) is -2.72. The molecule has 0 unspecified atom stereocenters. The number of hydrogen-bond donors (Lipinski definition) is 2. The molecule has 1 aromatic rings. The number of rotatable bonds is 4. The van der Waals surface area contributed by atoms with Crippen LogP contribution in [0.2, 0.25) is 0 Å². The average Bonchev–Trinajstić information content (AvgIpc) is 2.13. The monoisotopic (exact) mass is 283 g/mol. The highest BCUT2D eigenvalue weighted by atomic mass is 32.2. The molecule has 0 saturated heterocycles. The second-order valence-corrected chi connectivity index (χ2v) is 5.05. The Bertz CT molecular complexity index is 536. The van der Waals surface area contributed by atoms with Crippen LogP contribution in [0.4, 0.5) is 18.9 Å². The fourth-order valence-electron chi connectivity index (χ4n) is 1.11. The van der Waals surface area contributed by atoms with E-state index < -0.39 is 33.5 Å². The van der Waals surface area contributed by atoms with Crippen molar-refractivity contribution < 1.29 is 31.5 Å². The summed E-state index contributed by atoms with van der Waals surface area (Å²) in [7, 11) is -4.11. The van der Waals surface area contributed by atoms with Crippen molar-refractivity contribution in [2.24, 2.45) is 0 Å². The van der Waals surface area contributed by atoms with Gasteiger partial charge in [0.2, 0.25) is 10.0 Å². The topological polar surface area (TPSA) is 83.5 Å². The average molecular weight is 283 g/mol. The molecule has 9 heteroatoms. The number of hydrogen-bond acceptors (Lipinski definition) is 3. The number of carboxylic acids is 1. The van der Waals surface area contributed by atoms with Crippen LogP contribution in [0.5, 0.6) is 0 Å². The first-order chi connectivity index (χ1) is 8.10. The van der Waals surface area contributed by atoms with E-state index in [1.54, 1.807) is 0 Å². The number of carbonyl (C=O) groups is 1. The minimum atomic E-state index is -4.52. The van der Waals surface area contributed by atoms with Gasteiger partial charge in [0.1, 0.15) is 0 Å². The van der Waals surface area contributed by atoms with Crippen molar-refractivity contribution in [1.82, 2.24) is 0 Å². The Labute approximate surface area is 100 Å². The Hall–Kier alpha value is -1.77. The van der Waals surface area contributed by atoms with Crippen LogP contribution in [0, 0.1) is 0 Å². The van der Waals surface area contributed by atoms with Gasteiger partial charge in [0.05, 0.1) is 5.56 Å². The lowest BCUT2D eigenvalue weighted by Gasteiger charge is -2.09. The summed E-state index contributed by atoms with van der Waals surface area (Å²) in [6, 6.07) is 3.20. The van der Waals surface area contributed by atoms with Crippen molar-refractivity contribution in [3.8, 4) is 0 Å². The normalized spacial score (nSPS) is 12.2. The summed E-state index contributed by atoms with van der Waals surface area (Å²) in [6.07, 6.45) is -4.52. The molecule has 0 radical (unpaired) electrons. The maximum absolute atomic E-state index is 12.2. The molecular weight excluding hydrogens is 275 g/mol. The second kappa shape index (κ2) is 4.84. The van der Waals surface area contributed by atoms with Crippen LogP contribution in [0.25, 0.3) is 0 Å². The number of nitrogens with one attached hydrogen (secondary N) is 1. The Balaban J connectivity index is 2.85. The fourth-order valence-corrected chi connectivity index (χ4v) is 2.00. The lowest BCUT2D eigenvalue weighted by Crippen LogP contribution is -2.22. The Morgan fingerprint density at radius 2 is 1.72 bits per heavy atom. The lowest BCUT2D eigenvalue weighted by atomic mass is 10.2. The number of aliphatic carboxylic acids is 1. The molecule has 0 heterocycles. The van der Waals surface area contributed by atoms with Crippen molar-refractivity contribution in [1.29, 1.82) is 0 Å². The van der Waals surface area contributed by atoms with Gasteiger partial charge in [-0.1, -0.05) is 0 Å². The van der Waals surface area contributed by atoms with Crippen LogP contribution in [-0.4, -0.2) is 25.2 Å². The predicted octanol–water partition coefficient (Wildman–Crippen LogP) is 1.53. The summed E-state index contributed by atoms with van der Waals surface area (Å²) in [4.78, 5) is 10.2. The molecule has 0 aliphatic carbocycles. The molecule has 0 fully saturated rings. The zero-order valence-electron chi connectivity index (χ0n) is 8.73. The molecule has 0 bridgehead atoms. The molecular formula is C9H8F3NO4S. The van der Waals surface area contributed by atoms with E-state index in [1.165, 1.54) is 0 Å². The third kappa shape index (κ3) is 4.24. The number of halogens is 3. The first-order valence-electron chi connectivity index (χ1n) is 4.50. The fraction of sp³-hybridized carbons (Fsp3) is 0.222. The highest BCUT2D eigenvalue weighted by Gasteiger charge is 2.30. The van der Waals surface area contributed by atoms with E-state index in [-0.39, 0.29) is 5.69 Å². The third-order valence-electron chi connectivity index (χ3n) is 1.80. The molecule has 0 atom stereocenters. The molecule has 0 spiro atoms. The summed E-state index contributed by atoms with van der Waals surface area (Å²) in [5, 5.41) is 8.31. The smallest absolute Gasteiger partial charge is 0.416 e. The summed E-state index contributed by atoms with van der Waals surface area (Å²) < 4.78 is 60.8. The molecule has 0 aromatic heterocycles. The summed E-state index contributed by atoms with van der Waals surface area (Å²) in [6.45, 7) is 0. The van der Waals surface area contributed by atoms with Gasteiger partial charge in [0.15, 0.2) is 5.75 Å². The van der Waals surface area contributed by atoms with Gasteiger partial charge in [-0.3, -0.25) is 9.52 Å². The molecule has 2 N–H and O–H groups in total. The van der Waals surface area contributed by atoms with Gasteiger partial charge in [0, 0.05) is 5.69 Å². The molecule has 1 rings (SSSR count). The number of sulfonamides is 1. The van der Waals surface area contributed by atoms with Crippen molar-refractivity contribution in [2.75, 3.05) is 10.5 Å². The van der Waals surface area contributed by atoms with Gasteiger partial charge in [-0.25, -0.2) is 8.42 Å². The highest BCUT2D eigenvalue weighted by molar-refractivity contribution is 7.93. The van der Waals surface area contributed by atoms with Crippen LogP contribution >= 0.6 is 0 Å². The Kier molecular flexibility index (Phi) is 3.85. The van der Waals surface area contributed by atoms with Crippen molar-refractivity contribution in [3.63, 3.8) is 0 Å². The van der Waals surface area contributed by atoms with Crippen molar-refractivity contribution >= 4 is 21.7 Å². The van der Waals surface area contributed by atoms with Gasteiger partial charge < -0.3 is 5.11 Å². The summed E-state index contributed by atoms with van der Waals surface area (Å²) >= 11 is 0. The first kappa shape index (κ1) is 14.3. The third-order valence-corrected chi connectivity index (χ3v) is 2.97. The van der Waals surface area contributed by atoms with E-state index >= 15 is 0 Å². The van der Waals surface area contributed by atoms with E-state index in [0.717, 1.165) is 12.1 Å². The zero-order chi connectivity index (χ0) is 14.0. The van der Waals surface area contributed by atoms with Gasteiger partial charge in [-0.2, -0.15) is 13.2 Å². The Morgan fingerprint density at radius 3 is 2.11 bits per heavy atom. The highest BCUT2D eigenvalue weighted by Crippen LogP contribution is 2.29. The maximum atomic E-state index is 12.2. The largest absolute Gasteiger partial charge is 0.480 e. The molecule has 0 aliphatic heterocycles. The lowest BCUT2D eigenvalue weighted by molar-refractivity contribution is -0.137. The number of alkyl halides is 3. The van der Waals surface area contributed by atoms with Crippen LogP contribution in [-0.2, 0) is 21.0 Å².